The quantitative estimate of drug-likeness (QED) is 0.658. The van der Waals surface area contributed by atoms with Crippen LogP contribution in [0.4, 0.5) is 4.39 Å². The fraction of sp³-hybridized carbons (Fsp3) is 0.538. The van der Waals surface area contributed by atoms with Crippen molar-refractivity contribution < 1.29 is 4.39 Å². The molecule has 0 bridgehead atoms. The van der Waals surface area contributed by atoms with Crippen LogP contribution in [-0.2, 0) is 6.42 Å². The Bertz CT molecular complexity index is 340. The van der Waals surface area contributed by atoms with E-state index in [0.29, 0.717) is 10.4 Å². The van der Waals surface area contributed by atoms with Gasteiger partial charge in [-0.2, -0.15) is 0 Å². The van der Waals surface area contributed by atoms with Gasteiger partial charge in [-0.25, -0.2) is 4.39 Å². The van der Waals surface area contributed by atoms with Crippen LogP contribution in [0.5, 0.6) is 0 Å². The van der Waals surface area contributed by atoms with Crippen molar-refractivity contribution in [2.45, 2.75) is 33.1 Å². The first-order valence-electron chi connectivity index (χ1n) is 5.57. The van der Waals surface area contributed by atoms with E-state index in [0.717, 1.165) is 24.8 Å². The van der Waals surface area contributed by atoms with E-state index >= 15 is 0 Å². The molecule has 3 heteroatoms. The second-order valence-electron chi connectivity index (χ2n) is 4.27. The van der Waals surface area contributed by atoms with Gasteiger partial charge < -0.3 is 0 Å². The summed E-state index contributed by atoms with van der Waals surface area (Å²) in [6, 6.07) is 5.19. The lowest BCUT2D eigenvalue weighted by molar-refractivity contribution is 0.301. The van der Waals surface area contributed by atoms with Gasteiger partial charge in [0.25, 0.3) is 0 Å². The van der Waals surface area contributed by atoms with Gasteiger partial charge in [-0.3, -0.25) is 0 Å². The maximum Gasteiger partial charge on any atom is 0.137 e. The zero-order chi connectivity index (χ0) is 12.2. The summed E-state index contributed by atoms with van der Waals surface area (Å²) in [6.07, 6.45) is 2.99. The van der Waals surface area contributed by atoms with Gasteiger partial charge in [-0.1, -0.05) is 19.9 Å². The summed E-state index contributed by atoms with van der Waals surface area (Å²) >= 11 is 9.27. The van der Waals surface area contributed by atoms with E-state index < -0.39 is 0 Å². The summed E-state index contributed by atoms with van der Waals surface area (Å²) in [7, 11) is 0. The van der Waals surface area contributed by atoms with Gasteiger partial charge in [0.1, 0.15) is 5.82 Å². The van der Waals surface area contributed by atoms with Crippen LogP contribution >= 0.6 is 27.5 Å². The molecule has 0 nitrogen and oxygen atoms in total. The van der Waals surface area contributed by atoms with E-state index in [1.165, 1.54) is 6.07 Å². The van der Waals surface area contributed by atoms with Crippen LogP contribution < -0.4 is 0 Å². The summed E-state index contributed by atoms with van der Waals surface area (Å²) < 4.78 is 13.6. The minimum Gasteiger partial charge on any atom is -0.206 e. The highest BCUT2D eigenvalue weighted by Crippen LogP contribution is 2.33. The minimum atomic E-state index is -0.215. The molecule has 0 unspecified atom stereocenters. The topological polar surface area (TPSA) is 0 Å². The summed E-state index contributed by atoms with van der Waals surface area (Å²) in [5, 5.41) is 0. The highest BCUT2D eigenvalue weighted by molar-refractivity contribution is 9.10. The first-order chi connectivity index (χ1) is 7.56. The van der Waals surface area contributed by atoms with Gasteiger partial charge in [0.15, 0.2) is 0 Å². The first-order valence-corrected chi connectivity index (χ1v) is 6.89. The van der Waals surface area contributed by atoms with Crippen molar-refractivity contribution >= 4 is 27.5 Å². The molecule has 1 aromatic rings. The summed E-state index contributed by atoms with van der Waals surface area (Å²) in [5.74, 6) is 0.433. The summed E-state index contributed by atoms with van der Waals surface area (Å²) in [5.41, 5.74) is 1.27. The standard InChI is InChI=1S/C13H17BrClF/c1-3-13(4-2,9-15)8-10-5-6-12(16)11(14)7-10/h5-7H,3-4,8-9H2,1-2H3. The molecule has 0 radical (unpaired) electrons. The monoisotopic (exact) mass is 306 g/mol. The third kappa shape index (κ3) is 3.21. The van der Waals surface area contributed by atoms with Crippen molar-refractivity contribution in [1.29, 1.82) is 0 Å². The average Bonchev–Trinajstić information content (AvgIpc) is 2.31. The highest BCUT2D eigenvalue weighted by atomic mass is 79.9. The SMILES string of the molecule is CCC(CC)(CCl)Cc1ccc(F)c(Br)c1. The van der Waals surface area contributed by atoms with Gasteiger partial charge in [0, 0.05) is 5.88 Å². The number of halogens is 3. The lowest BCUT2D eigenvalue weighted by Crippen LogP contribution is -2.24. The molecule has 0 atom stereocenters. The van der Waals surface area contributed by atoms with E-state index in [4.69, 9.17) is 11.6 Å². The smallest absolute Gasteiger partial charge is 0.137 e. The third-order valence-electron chi connectivity index (χ3n) is 3.35. The molecule has 0 amide bonds. The van der Waals surface area contributed by atoms with Gasteiger partial charge in [-0.15, -0.1) is 11.6 Å². The van der Waals surface area contributed by atoms with Crippen molar-refractivity contribution in [1.82, 2.24) is 0 Å². The van der Waals surface area contributed by atoms with Gasteiger partial charge in [-0.05, 0) is 58.3 Å². The Morgan fingerprint density at radius 3 is 2.38 bits per heavy atom. The molecule has 0 fully saturated rings. The van der Waals surface area contributed by atoms with Gasteiger partial charge >= 0.3 is 0 Å². The molecule has 16 heavy (non-hydrogen) atoms. The lowest BCUT2D eigenvalue weighted by Gasteiger charge is -2.29. The largest absolute Gasteiger partial charge is 0.206 e. The Morgan fingerprint density at radius 2 is 1.94 bits per heavy atom. The number of alkyl halides is 1. The van der Waals surface area contributed by atoms with Gasteiger partial charge in [0.2, 0.25) is 0 Å². The van der Waals surface area contributed by atoms with Crippen LogP contribution in [0.2, 0.25) is 0 Å². The second-order valence-corrected chi connectivity index (χ2v) is 5.39. The molecular weight excluding hydrogens is 290 g/mol. The molecule has 0 heterocycles. The number of hydrogen-bond acceptors (Lipinski definition) is 0. The maximum absolute atomic E-state index is 13.1. The van der Waals surface area contributed by atoms with Crippen LogP contribution in [0.15, 0.2) is 22.7 Å². The number of hydrogen-bond donors (Lipinski definition) is 0. The Hall–Kier alpha value is -0.0800. The molecule has 0 N–H and O–H groups in total. The molecular formula is C13H17BrClF. The predicted octanol–water partition coefficient (Wildman–Crippen LogP) is 5.18. The van der Waals surface area contributed by atoms with Gasteiger partial charge in [0.05, 0.1) is 4.47 Å². The van der Waals surface area contributed by atoms with Crippen molar-refractivity contribution in [3.63, 3.8) is 0 Å². The molecule has 90 valence electrons. The Kier molecular flexibility index (Phi) is 5.26. The zero-order valence-electron chi connectivity index (χ0n) is 9.69. The van der Waals surface area contributed by atoms with Crippen molar-refractivity contribution in [2.24, 2.45) is 5.41 Å². The maximum atomic E-state index is 13.1. The van der Waals surface area contributed by atoms with Crippen LogP contribution in [0, 0.1) is 11.2 Å². The minimum absolute atomic E-state index is 0.138. The van der Waals surface area contributed by atoms with E-state index in [1.807, 2.05) is 12.1 Å². The number of benzene rings is 1. The fourth-order valence-electron chi connectivity index (χ4n) is 1.82. The Morgan fingerprint density at radius 1 is 1.31 bits per heavy atom. The summed E-state index contributed by atoms with van der Waals surface area (Å²) in [4.78, 5) is 0. The van der Waals surface area contributed by atoms with E-state index in [2.05, 4.69) is 29.8 Å². The van der Waals surface area contributed by atoms with Crippen LogP contribution in [0.25, 0.3) is 0 Å². The Labute approximate surface area is 110 Å². The predicted molar refractivity (Wildman–Crippen MR) is 71.5 cm³/mol. The molecule has 0 saturated heterocycles. The Balaban J connectivity index is 2.89. The van der Waals surface area contributed by atoms with Crippen LogP contribution in [0.1, 0.15) is 32.3 Å². The molecule has 0 aliphatic heterocycles. The van der Waals surface area contributed by atoms with Crippen LogP contribution in [-0.4, -0.2) is 5.88 Å². The highest BCUT2D eigenvalue weighted by Gasteiger charge is 2.25. The van der Waals surface area contributed by atoms with Crippen molar-refractivity contribution in [3.8, 4) is 0 Å². The lowest BCUT2D eigenvalue weighted by atomic mass is 9.79. The first kappa shape index (κ1) is 14.0. The second kappa shape index (κ2) is 6.02. The van der Waals surface area contributed by atoms with E-state index in [9.17, 15) is 4.39 Å². The molecule has 0 aromatic heterocycles. The fourth-order valence-corrected chi connectivity index (χ4v) is 2.72. The molecule has 1 rings (SSSR count). The molecule has 0 aliphatic carbocycles. The molecule has 0 saturated carbocycles. The molecule has 0 aliphatic rings. The average molecular weight is 308 g/mol. The number of rotatable bonds is 5. The van der Waals surface area contributed by atoms with Crippen molar-refractivity contribution in [2.75, 3.05) is 5.88 Å². The van der Waals surface area contributed by atoms with Crippen LogP contribution in [0.3, 0.4) is 0 Å². The normalized spacial score (nSPS) is 11.8. The van der Waals surface area contributed by atoms with E-state index in [1.54, 1.807) is 0 Å². The molecule has 0 spiro atoms. The third-order valence-corrected chi connectivity index (χ3v) is 4.52. The zero-order valence-corrected chi connectivity index (χ0v) is 12.0. The van der Waals surface area contributed by atoms with E-state index in [-0.39, 0.29) is 11.2 Å². The van der Waals surface area contributed by atoms with Crippen molar-refractivity contribution in [3.05, 3.63) is 34.1 Å². The molecule has 1 aromatic carbocycles. The summed E-state index contributed by atoms with van der Waals surface area (Å²) in [6.45, 7) is 4.31.